The van der Waals surface area contributed by atoms with Crippen LogP contribution in [0.1, 0.15) is 0 Å². The Labute approximate surface area is 63.1 Å². The first-order valence-corrected chi connectivity index (χ1v) is 3.13. The average Bonchev–Trinajstić information content (AvgIpc) is 1.64. The van der Waals surface area contributed by atoms with Gasteiger partial charge in [0.15, 0.2) is 0 Å². The van der Waals surface area contributed by atoms with E-state index in [9.17, 15) is 4.79 Å². The van der Waals surface area contributed by atoms with Gasteiger partial charge in [0.1, 0.15) is 0 Å². The minimum Gasteiger partial charge on any atom is -0.330 e. The topological polar surface area (TPSA) is 23.6 Å². The van der Waals surface area contributed by atoms with Gasteiger partial charge in [-0.1, -0.05) is 0 Å². The largest absolute Gasteiger partial charge is 0.330 e. The maximum Gasteiger partial charge on any atom is 0.327 e. The summed E-state index contributed by atoms with van der Waals surface area (Å²) in [5, 5.41) is 0. The summed E-state index contributed by atoms with van der Waals surface area (Å²) in [6.07, 6.45) is 0. The van der Waals surface area contributed by atoms with E-state index >= 15 is 0 Å². The van der Waals surface area contributed by atoms with Gasteiger partial charge in [0.2, 0.25) is 0 Å². The standard InChI is InChI=1S/C4H9IN2O/c1-6(2)4(8)7(3)5/h1-3H3. The van der Waals surface area contributed by atoms with Gasteiger partial charge in [0.05, 0.1) is 22.9 Å². The second-order valence-electron chi connectivity index (χ2n) is 1.65. The molecule has 0 unspecified atom stereocenters. The molecule has 8 heavy (non-hydrogen) atoms. The van der Waals surface area contributed by atoms with Gasteiger partial charge in [-0.2, -0.15) is 0 Å². The molecule has 0 fully saturated rings. The Morgan fingerprint density at radius 3 is 1.75 bits per heavy atom. The van der Waals surface area contributed by atoms with Crippen molar-refractivity contribution in [1.29, 1.82) is 0 Å². The van der Waals surface area contributed by atoms with Gasteiger partial charge in [0.25, 0.3) is 0 Å². The van der Waals surface area contributed by atoms with E-state index in [1.54, 1.807) is 21.1 Å². The molecular formula is C4H9IN2O. The molecule has 0 heterocycles. The Morgan fingerprint density at radius 1 is 1.38 bits per heavy atom. The molecule has 0 aliphatic heterocycles. The Balaban J connectivity index is 3.65. The lowest BCUT2D eigenvalue weighted by molar-refractivity contribution is 0.208. The van der Waals surface area contributed by atoms with E-state index in [2.05, 4.69) is 0 Å². The fourth-order valence-electron chi connectivity index (χ4n) is 0.276. The third-order valence-electron chi connectivity index (χ3n) is 0.646. The van der Waals surface area contributed by atoms with Gasteiger partial charge >= 0.3 is 6.03 Å². The number of halogens is 1. The summed E-state index contributed by atoms with van der Waals surface area (Å²) in [5.41, 5.74) is 0. The van der Waals surface area contributed by atoms with E-state index in [0.29, 0.717) is 0 Å². The summed E-state index contributed by atoms with van der Waals surface area (Å²) >= 11 is 1.93. The molecule has 0 atom stereocenters. The highest BCUT2D eigenvalue weighted by Crippen LogP contribution is 1.96. The molecule has 0 aliphatic carbocycles. The van der Waals surface area contributed by atoms with Gasteiger partial charge in [-0.05, 0) is 0 Å². The van der Waals surface area contributed by atoms with Crippen LogP contribution < -0.4 is 0 Å². The normalized spacial score (nSPS) is 8.50. The van der Waals surface area contributed by atoms with Gasteiger partial charge < -0.3 is 4.90 Å². The van der Waals surface area contributed by atoms with Crippen molar-refractivity contribution in [2.45, 2.75) is 0 Å². The molecule has 0 radical (unpaired) electrons. The minimum absolute atomic E-state index is 0.00519. The first kappa shape index (κ1) is 8.00. The Bertz CT molecular complexity index is 82.0. The number of rotatable bonds is 0. The summed E-state index contributed by atoms with van der Waals surface area (Å²) < 4.78 is 1.50. The molecule has 0 bridgehead atoms. The number of hydrogen-bond donors (Lipinski definition) is 0. The van der Waals surface area contributed by atoms with Crippen LogP contribution in [0, 0.1) is 0 Å². The average molecular weight is 228 g/mol. The van der Waals surface area contributed by atoms with Crippen LogP contribution in [0.3, 0.4) is 0 Å². The van der Waals surface area contributed by atoms with Crippen LogP contribution >= 0.6 is 22.9 Å². The fourth-order valence-corrected chi connectivity index (χ4v) is 0.707. The molecule has 3 nitrogen and oxygen atoms in total. The molecule has 0 saturated carbocycles. The van der Waals surface area contributed by atoms with Gasteiger partial charge in [-0.25, -0.2) is 4.79 Å². The second-order valence-corrected chi connectivity index (χ2v) is 3.10. The summed E-state index contributed by atoms with van der Waals surface area (Å²) in [7, 11) is 5.15. The lowest BCUT2D eigenvalue weighted by Crippen LogP contribution is -2.29. The number of hydrogen-bond acceptors (Lipinski definition) is 1. The van der Waals surface area contributed by atoms with Crippen molar-refractivity contribution in [2.24, 2.45) is 0 Å². The van der Waals surface area contributed by atoms with Crippen molar-refractivity contribution in [2.75, 3.05) is 21.1 Å². The SMILES string of the molecule is CN(C)C(=O)N(C)I. The molecule has 4 heteroatoms. The summed E-state index contributed by atoms with van der Waals surface area (Å²) in [5.74, 6) is 0. The molecule has 0 spiro atoms. The van der Waals surface area contributed by atoms with Crippen LogP contribution in [0.4, 0.5) is 4.79 Å². The summed E-state index contributed by atoms with van der Waals surface area (Å²) in [4.78, 5) is 12.2. The predicted octanol–water partition coefficient (Wildman–Crippen LogP) is 0.950. The number of urea groups is 1. The van der Waals surface area contributed by atoms with Gasteiger partial charge in [0, 0.05) is 21.1 Å². The second kappa shape index (κ2) is 3.11. The highest BCUT2D eigenvalue weighted by Gasteiger charge is 2.04. The molecule has 0 aromatic rings. The van der Waals surface area contributed by atoms with E-state index in [0.717, 1.165) is 0 Å². The maximum absolute atomic E-state index is 10.7. The first-order valence-electron chi connectivity index (χ1n) is 2.16. The Kier molecular flexibility index (Phi) is 3.11. The van der Waals surface area contributed by atoms with Crippen molar-refractivity contribution in [1.82, 2.24) is 8.01 Å². The zero-order valence-electron chi connectivity index (χ0n) is 5.18. The molecular weight excluding hydrogens is 219 g/mol. The maximum atomic E-state index is 10.7. The van der Waals surface area contributed by atoms with Crippen molar-refractivity contribution < 1.29 is 4.79 Å². The van der Waals surface area contributed by atoms with Gasteiger partial charge in [-0.3, -0.25) is 3.11 Å². The van der Waals surface area contributed by atoms with Crippen LogP contribution in [0.5, 0.6) is 0 Å². The van der Waals surface area contributed by atoms with E-state index in [1.807, 2.05) is 22.9 Å². The lowest BCUT2D eigenvalue weighted by Gasteiger charge is -2.13. The third kappa shape index (κ3) is 2.34. The van der Waals surface area contributed by atoms with E-state index < -0.39 is 0 Å². The van der Waals surface area contributed by atoms with Crippen molar-refractivity contribution in [3.05, 3.63) is 0 Å². The molecule has 2 amide bonds. The zero-order valence-corrected chi connectivity index (χ0v) is 7.34. The molecule has 0 aromatic carbocycles. The van der Waals surface area contributed by atoms with Crippen molar-refractivity contribution >= 4 is 28.9 Å². The molecule has 0 rings (SSSR count). The molecule has 0 aromatic heterocycles. The van der Waals surface area contributed by atoms with Gasteiger partial charge in [-0.15, -0.1) is 0 Å². The quantitative estimate of drug-likeness (QED) is 0.447. The zero-order chi connectivity index (χ0) is 6.73. The van der Waals surface area contributed by atoms with E-state index in [1.165, 1.54) is 8.01 Å². The predicted molar refractivity (Wildman–Crippen MR) is 40.9 cm³/mol. The third-order valence-corrected chi connectivity index (χ3v) is 1.06. The molecule has 48 valence electrons. The minimum atomic E-state index is 0.00519. The Hall–Kier alpha value is 0. The van der Waals surface area contributed by atoms with E-state index in [4.69, 9.17) is 0 Å². The highest BCUT2D eigenvalue weighted by molar-refractivity contribution is 14.1. The number of nitrogens with zero attached hydrogens (tertiary/aromatic N) is 2. The van der Waals surface area contributed by atoms with Crippen molar-refractivity contribution in [3.63, 3.8) is 0 Å². The molecule has 0 aliphatic rings. The lowest BCUT2D eigenvalue weighted by atomic mass is 10.8. The molecule has 0 saturated heterocycles. The molecule has 0 N–H and O–H groups in total. The summed E-state index contributed by atoms with van der Waals surface area (Å²) in [6.45, 7) is 0. The monoisotopic (exact) mass is 228 g/mol. The first-order chi connectivity index (χ1) is 3.55. The number of carbonyl (C=O) groups excluding carboxylic acids is 1. The fraction of sp³-hybridized carbons (Fsp3) is 0.750. The van der Waals surface area contributed by atoms with Crippen LogP contribution in [0.15, 0.2) is 0 Å². The van der Waals surface area contributed by atoms with Crippen LogP contribution in [-0.4, -0.2) is 35.2 Å². The van der Waals surface area contributed by atoms with Crippen molar-refractivity contribution in [3.8, 4) is 0 Å². The number of carbonyl (C=O) groups is 1. The van der Waals surface area contributed by atoms with Crippen LogP contribution in [0.2, 0.25) is 0 Å². The van der Waals surface area contributed by atoms with Crippen LogP contribution in [0.25, 0.3) is 0 Å². The summed E-state index contributed by atoms with van der Waals surface area (Å²) in [6, 6.07) is 0.00519. The smallest absolute Gasteiger partial charge is 0.327 e. The highest BCUT2D eigenvalue weighted by atomic mass is 127. The Morgan fingerprint density at radius 2 is 1.75 bits per heavy atom. The van der Waals surface area contributed by atoms with Crippen LogP contribution in [-0.2, 0) is 0 Å². The van der Waals surface area contributed by atoms with E-state index in [-0.39, 0.29) is 6.03 Å². The number of amides is 2.